The molecule has 1 aromatic carbocycles. The van der Waals surface area contributed by atoms with Crippen molar-refractivity contribution < 1.29 is 4.74 Å². The summed E-state index contributed by atoms with van der Waals surface area (Å²) in [6, 6.07) is 9.35. The monoisotopic (exact) mass is 303 g/mol. The molecule has 0 spiro atoms. The van der Waals surface area contributed by atoms with Gasteiger partial charge in [0.15, 0.2) is 0 Å². The van der Waals surface area contributed by atoms with E-state index in [0.29, 0.717) is 12.1 Å². The van der Waals surface area contributed by atoms with Gasteiger partial charge in [-0.15, -0.1) is 11.3 Å². The Labute approximate surface area is 131 Å². The standard InChI is InChI=1S/C18H25NOS/c1-2-19-17(10-9-15-7-3-4-12-20-15)16-8-5-6-14-11-13-21-18(14)16/h5-6,8,11,13,15,17,19H,2-4,7,9-10,12H2,1H3. The SMILES string of the molecule is CCNC(CCC1CCCCO1)c1cccc2ccsc12. The maximum atomic E-state index is 5.89. The molecule has 0 bridgehead atoms. The van der Waals surface area contributed by atoms with Gasteiger partial charge in [-0.1, -0.05) is 25.1 Å². The van der Waals surface area contributed by atoms with Gasteiger partial charge in [-0.2, -0.15) is 0 Å². The molecule has 1 aliphatic heterocycles. The predicted octanol–water partition coefficient (Wildman–Crippen LogP) is 4.90. The molecule has 0 aliphatic carbocycles. The molecule has 2 atom stereocenters. The van der Waals surface area contributed by atoms with Crippen molar-refractivity contribution in [2.45, 2.75) is 51.2 Å². The Bertz CT molecular complexity index is 559. The lowest BCUT2D eigenvalue weighted by molar-refractivity contribution is 0.00859. The summed E-state index contributed by atoms with van der Waals surface area (Å²) in [5.74, 6) is 0. The highest BCUT2D eigenvalue weighted by molar-refractivity contribution is 7.17. The summed E-state index contributed by atoms with van der Waals surface area (Å²) in [6.45, 7) is 4.16. The number of thiophene rings is 1. The minimum absolute atomic E-state index is 0.447. The van der Waals surface area contributed by atoms with Crippen LogP contribution in [0, 0.1) is 0 Å². The second-order valence-corrected chi connectivity index (χ2v) is 6.78. The van der Waals surface area contributed by atoms with Crippen molar-refractivity contribution in [3.63, 3.8) is 0 Å². The van der Waals surface area contributed by atoms with Crippen molar-refractivity contribution in [2.24, 2.45) is 0 Å². The van der Waals surface area contributed by atoms with Crippen LogP contribution in [-0.4, -0.2) is 19.3 Å². The molecular weight excluding hydrogens is 278 g/mol. The van der Waals surface area contributed by atoms with Gasteiger partial charge in [0.2, 0.25) is 0 Å². The van der Waals surface area contributed by atoms with E-state index in [1.165, 1.54) is 41.3 Å². The van der Waals surface area contributed by atoms with Gasteiger partial charge in [-0.3, -0.25) is 0 Å². The van der Waals surface area contributed by atoms with Gasteiger partial charge in [0.05, 0.1) is 6.10 Å². The molecule has 3 rings (SSSR count). The van der Waals surface area contributed by atoms with E-state index in [0.717, 1.165) is 19.6 Å². The van der Waals surface area contributed by atoms with Crippen molar-refractivity contribution in [3.05, 3.63) is 35.2 Å². The van der Waals surface area contributed by atoms with Crippen molar-refractivity contribution in [2.75, 3.05) is 13.2 Å². The average molecular weight is 303 g/mol. The van der Waals surface area contributed by atoms with E-state index in [1.807, 2.05) is 11.3 Å². The largest absolute Gasteiger partial charge is 0.378 e. The van der Waals surface area contributed by atoms with Gasteiger partial charge in [0.1, 0.15) is 0 Å². The van der Waals surface area contributed by atoms with Gasteiger partial charge in [0, 0.05) is 17.3 Å². The van der Waals surface area contributed by atoms with Crippen LogP contribution in [0.3, 0.4) is 0 Å². The molecule has 1 fully saturated rings. The fourth-order valence-corrected chi connectivity index (χ4v) is 4.26. The predicted molar refractivity (Wildman–Crippen MR) is 91.1 cm³/mol. The molecule has 0 amide bonds. The van der Waals surface area contributed by atoms with E-state index >= 15 is 0 Å². The Hall–Kier alpha value is -0.900. The zero-order valence-electron chi connectivity index (χ0n) is 12.8. The zero-order chi connectivity index (χ0) is 14.5. The van der Waals surface area contributed by atoms with Crippen LogP contribution in [-0.2, 0) is 4.74 Å². The Morgan fingerprint density at radius 1 is 1.33 bits per heavy atom. The molecule has 1 aliphatic rings. The van der Waals surface area contributed by atoms with Crippen LogP contribution in [0.2, 0.25) is 0 Å². The first-order chi connectivity index (χ1) is 10.4. The van der Waals surface area contributed by atoms with Gasteiger partial charge in [-0.25, -0.2) is 0 Å². The third kappa shape index (κ3) is 3.65. The van der Waals surface area contributed by atoms with Gasteiger partial charge < -0.3 is 10.1 Å². The van der Waals surface area contributed by atoms with Crippen LogP contribution >= 0.6 is 11.3 Å². The molecule has 21 heavy (non-hydrogen) atoms. The van der Waals surface area contributed by atoms with Crippen molar-refractivity contribution >= 4 is 21.4 Å². The maximum absolute atomic E-state index is 5.89. The minimum atomic E-state index is 0.447. The molecule has 2 heterocycles. The lowest BCUT2D eigenvalue weighted by Crippen LogP contribution is -2.25. The number of nitrogens with one attached hydrogen (secondary N) is 1. The lowest BCUT2D eigenvalue weighted by atomic mass is 9.96. The summed E-state index contributed by atoms with van der Waals surface area (Å²) >= 11 is 1.86. The van der Waals surface area contributed by atoms with Crippen molar-refractivity contribution in [1.29, 1.82) is 0 Å². The third-order valence-corrected chi connectivity index (χ3v) is 5.37. The number of ether oxygens (including phenoxy) is 1. The summed E-state index contributed by atoms with van der Waals surface area (Å²) in [5.41, 5.74) is 1.46. The van der Waals surface area contributed by atoms with Crippen LogP contribution in [0.5, 0.6) is 0 Å². The Morgan fingerprint density at radius 3 is 3.10 bits per heavy atom. The first-order valence-corrected chi connectivity index (χ1v) is 9.07. The smallest absolute Gasteiger partial charge is 0.0575 e. The fraction of sp³-hybridized carbons (Fsp3) is 0.556. The number of rotatable bonds is 6. The van der Waals surface area contributed by atoms with Gasteiger partial charge >= 0.3 is 0 Å². The molecule has 1 N–H and O–H groups in total. The molecule has 3 heteroatoms. The summed E-state index contributed by atoms with van der Waals surface area (Å²) in [6.07, 6.45) is 6.61. The summed E-state index contributed by atoms with van der Waals surface area (Å²) < 4.78 is 7.33. The number of hydrogen-bond acceptors (Lipinski definition) is 3. The first kappa shape index (κ1) is 15.0. The molecule has 1 aromatic heterocycles. The highest BCUT2D eigenvalue weighted by Gasteiger charge is 2.19. The summed E-state index contributed by atoms with van der Waals surface area (Å²) in [4.78, 5) is 0. The second-order valence-electron chi connectivity index (χ2n) is 5.86. The average Bonchev–Trinajstić information content (AvgIpc) is 3.01. The van der Waals surface area contributed by atoms with E-state index in [2.05, 4.69) is 41.9 Å². The Morgan fingerprint density at radius 2 is 2.29 bits per heavy atom. The second kappa shape index (κ2) is 7.39. The van der Waals surface area contributed by atoms with E-state index < -0.39 is 0 Å². The molecule has 2 unspecified atom stereocenters. The highest BCUT2D eigenvalue weighted by Crippen LogP contribution is 2.32. The number of fused-ring (bicyclic) bond motifs is 1. The fourth-order valence-electron chi connectivity index (χ4n) is 3.29. The summed E-state index contributed by atoms with van der Waals surface area (Å²) in [7, 11) is 0. The molecule has 0 saturated carbocycles. The van der Waals surface area contributed by atoms with E-state index in [-0.39, 0.29) is 0 Å². The normalized spacial score (nSPS) is 20.7. The van der Waals surface area contributed by atoms with E-state index in [4.69, 9.17) is 4.74 Å². The van der Waals surface area contributed by atoms with Crippen LogP contribution < -0.4 is 5.32 Å². The zero-order valence-corrected chi connectivity index (χ0v) is 13.6. The van der Waals surface area contributed by atoms with Gasteiger partial charge in [-0.05, 0) is 61.0 Å². The highest BCUT2D eigenvalue weighted by atomic mass is 32.1. The molecule has 2 nitrogen and oxygen atoms in total. The maximum Gasteiger partial charge on any atom is 0.0575 e. The van der Waals surface area contributed by atoms with E-state index in [1.54, 1.807) is 0 Å². The van der Waals surface area contributed by atoms with Gasteiger partial charge in [0.25, 0.3) is 0 Å². The topological polar surface area (TPSA) is 21.3 Å². The van der Waals surface area contributed by atoms with Crippen molar-refractivity contribution in [1.82, 2.24) is 5.32 Å². The molecule has 0 radical (unpaired) electrons. The number of hydrogen-bond donors (Lipinski definition) is 1. The molecule has 2 aromatic rings. The molecule has 114 valence electrons. The van der Waals surface area contributed by atoms with Crippen molar-refractivity contribution in [3.8, 4) is 0 Å². The quantitative estimate of drug-likeness (QED) is 0.819. The van der Waals surface area contributed by atoms with Crippen LogP contribution in [0.25, 0.3) is 10.1 Å². The molecular formula is C18H25NOS. The Kier molecular flexibility index (Phi) is 5.28. The third-order valence-electron chi connectivity index (χ3n) is 4.39. The molecule has 1 saturated heterocycles. The first-order valence-electron chi connectivity index (χ1n) is 8.19. The van der Waals surface area contributed by atoms with Crippen LogP contribution in [0.4, 0.5) is 0 Å². The lowest BCUT2D eigenvalue weighted by Gasteiger charge is -2.25. The minimum Gasteiger partial charge on any atom is -0.378 e. The Balaban J connectivity index is 1.72. The summed E-state index contributed by atoms with van der Waals surface area (Å²) in [5, 5.41) is 7.24. The number of benzene rings is 1. The van der Waals surface area contributed by atoms with Crippen LogP contribution in [0.15, 0.2) is 29.6 Å². The van der Waals surface area contributed by atoms with Crippen LogP contribution in [0.1, 0.15) is 50.6 Å². The van der Waals surface area contributed by atoms with E-state index in [9.17, 15) is 0 Å².